The molecule has 0 bridgehead atoms. The summed E-state index contributed by atoms with van der Waals surface area (Å²) in [6.45, 7) is 2.68. The van der Waals surface area contributed by atoms with E-state index in [1.165, 1.54) is 13.8 Å². The van der Waals surface area contributed by atoms with Crippen molar-refractivity contribution in [2.24, 2.45) is 0 Å². The molecule has 4 heteroatoms. The molecule has 0 fully saturated rings. The molecule has 0 aromatic rings. The third kappa shape index (κ3) is 2.48. The molecule has 4 nitrogen and oxygen atoms in total. The zero-order valence-corrected chi connectivity index (χ0v) is 10.1. The van der Waals surface area contributed by atoms with E-state index in [2.05, 4.69) is 0 Å². The van der Waals surface area contributed by atoms with Gasteiger partial charge in [-0.15, -0.1) is 0 Å². The van der Waals surface area contributed by atoms with Gasteiger partial charge in [-0.2, -0.15) is 0 Å². The van der Waals surface area contributed by atoms with Crippen molar-refractivity contribution in [3.63, 3.8) is 0 Å². The fourth-order valence-corrected chi connectivity index (χ4v) is 1.73. The van der Waals surface area contributed by atoms with Crippen molar-refractivity contribution in [1.82, 2.24) is 0 Å². The Balaban J connectivity index is 2.47. The minimum atomic E-state index is -0.391. The Morgan fingerprint density at radius 1 is 0.778 bits per heavy atom. The zero-order chi connectivity index (χ0) is 13.1. The Hall–Kier alpha value is -2.36. The third-order valence-corrected chi connectivity index (χ3v) is 2.35. The van der Waals surface area contributed by atoms with Gasteiger partial charge in [-0.05, 0) is 18.2 Å². The smallest absolute Gasteiger partial charge is 0.308 e. The number of rotatable bonds is 2. The molecule has 0 heterocycles. The van der Waals surface area contributed by atoms with Gasteiger partial charge >= 0.3 is 11.9 Å². The molecule has 2 aliphatic carbocycles. The molecule has 0 N–H and O–H groups in total. The highest BCUT2D eigenvalue weighted by Gasteiger charge is 2.16. The lowest BCUT2D eigenvalue weighted by molar-refractivity contribution is -0.132. The number of ether oxygens (including phenoxy) is 2. The van der Waals surface area contributed by atoms with Crippen LogP contribution >= 0.6 is 0 Å². The predicted octanol–water partition coefficient (Wildman–Crippen LogP) is 2.64. The normalized spacial score (nSPS) is 10.1. The third-order valence-electron chi connectivity index (χ3n) is 2.35. The average molecular weight is 244 g/mol. The molecule has 0 atom stereocenters. The summed E-state index contributed by atoms with van der Waals surface area (Å²) in [4.78, 5) is 22.0. The van der Waals surface area contributed by atoms with Crippen molar-refractivity contribution in [3.05, 3.63) is 36.4 Å². The standard InChI is InChI=1S/C14H12O4/c1-9(15)17-13-6-4-3-5-11-12(13)7-8-14(11)18-10(2)16/h3-8H,1-2H3. The van der Waals surface area contributed by atoms with Crippen molar-refractivity contribution >= 4 is 11.9 Å². The Bertz CT molecular complexity index is 574. The Kier molecular flexibility index (Phi) is 3.28. The summed E-state index contributed by atoms with van der Waals surface area (Å²) in [5.41, 5.74) is 1.46. The molecular formula is C14H12O4. The van der Waals surface area contributed by atoms with Gasteiger partial charge in [0.25, 0.3) is 0 Å². The van der Waals surface area contributed by atoms with Crippen LogP contribution in [0.15, 0.2) is 36.4 Å². The van der Waals surface area contributed by atoms with Crippen molar-refractivity contribution in [1.29, 1.82) is 0 Å². The van der Waals surface area contributed by atoms with E-state index in [1.54, 1.807) is 36.4 Å². The minimum absolute atomic E-state index is 0.386. The van der Waals surface area contributed by atoms with E-state index >= 15 is 0 Å². The maximum atomic E-state index is 11.0. The van der Waals surface area contributed by atoms with E-state index in [0.29, 0.717) is 11.5 Å². The van der Waals surface area contributed by atoms with Crippen LogP contribution < -0.4 is 9.47 Å². The molecule has 18 heavy (non-hydrogen) atoms. The first-order chi connectivity index (χ1) is 8.58. The molecule has 92 valence electrons. The van der Waals surface area contributed by atoms with Crippen LogP contribution in [0.3, 0.4) is 0 Å². The Labute approximate surface area is 104 Å². The molecule has 0 amide bonds. The lowest BCUT2D eigenvalue weighted by atomic mass is 10.2. The zero-order valence-electron chi connectivity index (χ0n) is 10.1. The van der Waals surface area contributed by atoms with Crippen LogP contribution in [0.4, 0.5) is 0 Å². The van der Waals surface area contributed by atoms with Crippen molar-refractivity contribution in [2.45, 2.75) is 13.8 Å². The van der Waals surface area contributed by atoms with Gasteiger partial charge < -0.3 is 9.47 Å². The summed E-state index contributed by atoms with van der Waals surface area (Å²) in [5, 5.41) is 0. The fourth-order valence-electron chi connectivity index (χ4n) is 1.73. The van der Waals surface area contributed by atoms with E-state index in [1.807, 2.05) is 0 Å². The lowest BCUT2D eigenvalue weighted by Crippen LogP contribution is -2.02. The number of fused-ring (bicyclic) bond motifs is 1. The maximum Gasteiger partial charge on any atom is 0.308 e. The number of hydrogen-bond donors (Lipinski definition) is 0. The van der Waals surface area contributed by atoms with Gasteiger partial charge in [-0.1, -0.05) is 18.2 Å². The predicted molar refractivity (Wildman–Crippen MR) is 65.7 cm³/mol. The van der Waals surface area contributed by atoms with Gasteiger partial charge in [0.1, 0.15) is 11.5 Å². The van der Waals surface area contributed by atoms with Gasteiger partial charge in [0, 0.05) is 25.0 Å². The first-order valence-electron chi connectivity index (χ1n) is 5.46. The lowest BCUT2D eigenvalue weighted by Gasteiger charge is -2.05. The second kappa shape index (κ2) is 4.87. The minimum Gasteiger partial charge on any atom is -0.426 e. The first kappa shape index (κ1) is 12.1. The van der Waals surface area contributed by atoms with Crippen LogP contribution in [-0.2, 0) is 9.59 Å². The Morgan fingerprint density at radius 2 is 1.28 bits per heavy atom. The van der Waals surface area contributed by atoms with E-state index in [4.69, 9.17) is 9.47 Å². The highest BCUT2D eigenvalue weighted by Crippen LogP contribution is 2.39. The monoisotopic (exact) mass is 244 g/mol. The summed E-state index contributed by atoms with van der Waals surface area (Å²) in [5.74, 6) is 0.129. The average Bonchev–Trinajstić information content (AvgIpc) is 2.53. The van der Waals surface area contributed by atoms with Crippen LogP contribution in [0, 0.1) is 0 Å². The molecule has 0 radical (unpaired) electrons. The summed E-state index contributed by atoms with van der Waals surface area (Å²) in [6, 6.07) is 10.5. The molecule has 0 saturated carbocycles. The number of carbonyl (C=O) groups excluding carboxylic acids is 2. The topological polar surface area (TPSA) is 52.6 Å². The van der Waals surface area contributed by atoms with Gasteiger partial charge in [0.05, 0.1) is 0 Å². The molecule has 0 spiro atoms. The van der Waals surface area contributed by atoms with Gasteiger partial charge in [-0.3, -0.25) is 9.59 Å². The summed E-state index contributed by atoms with van der Waals surface area (Å²) >= 11 is 0. The summed E-state index contributed by atoms with van der Waals surface area (Å²) in [6.07, 6.45) is 0. The van der Waals surface area contributed by atoms with Gasteiger partial charge in [0.15, 0.2) is 0 Å². The second-order valence-corrected chi connectivity index (χ2v) is 3.79. The first-order valence-corrected chi connectivity index (χ1v) is 5.46. The number of carbonyl (C=O) groups is 2. The quantitative estimate of drug-likeness (QED) is 0.762. The van der Waals surface area contributed by atoms with E-state index in [9.17, 15) is 9.59 Å². The van der Waals surface area contributed by atoms with E-state index in [-0.39, 0.29) is 5.97 Å². The maximum absolute atomic E-state index is 11.0. The highest BCUT2D eigenvalue weighted by atomic mass is 16.5. The van der Waals surface area contributed by atoms with Gasteiger partial charge in [0.2, 0.25) is 0 Å². The Morgan fingerprint density at radius 3 is 1.89 bits per heavy atom. The largest absolute Gasteiger partial charge is 0.426 e. The van der Waals surface area contributed by atoms with E-state index in [0.717, 1.165) is 11.1 Å². The van der Waals surface area contributed by atoms with Crippen molar-refractivity contribution in [3.8, 4) is 22.6 Å². The van der Waals surface area contributed by atoms with Crippen LogP contribution in [0.5, 0.6) is 11.5 Å². The highest BCUT2D eigenvalue weighted by molar-refractivity contribution is 5.84. The molecule has 0 unspecified atom stereocenters. The van der Waals surface area contributed by atoms with Gasteiger partial charge in [-0.25, -0.2) is 0 Å². The summed E-state index contributed by atoms with van der Waals surface area (Å²) in [7, 11) is 0. The molecule has 0 aromatic carbocycles. The molecule has 0 saturated heterocycles. The number of esters is 2. The molecule has 2 rings (SSSR count). The van der Waals surface area contributed by atoms with Crippen LogP contribution in [-0.4, -0.2) is 11.9 Å². The van der Waals surface area contributed by atoms with Crippen molar-refractivity contribution in [2.75, 3.05) is 0 Å². The number of hydrogen-bond acceptors (Lipinski definition) is 4. The van der Waals surface area contributed by atoms with Crippen LogP contribution in [0.25, 0.3) is 11.1 Å². The molecule has 0 aliphatic heterocycles. The fraction of sp³-hybridized carbons (Fsp3) is 0.143. The van der Waals surface area contributed by atoms with Crippen LogP contribution in [0.1, 0.15) is 13.8 Å². The molecule has 0 aromatic heterocycles. The van der Waals surface area contributed by atoms with Crippen molar-refractivity contribution < 1.29 is 19.1 Å². The van der Waals surface area contributed by atoms with Crippen LogP contribution in [0.2, 0.25) is 0 Å². The summed E-state index contributed by atoms with van der Waals surface area (Å²) < 4.78 is 10.2. The SMILES string of the molecule is CC(=O)Oc1ccc2c(OC(C)=O)ccccc1-2. The molecule has 2 aliphatic rings. The van der Waals surface area contributed by atoms with E-state index < -0.39 is 5.97 Å². The molecular weight excluding hydrogens is 232 g/mol. The second-order valence-electron chi connectivity index (χ2n) is 3.79.